The Balaban J connectivity index is 1.72. The zero-order valence-electron chi connectivity index (χ0n) is 11.4. The van der Waals surface area contributed by atoms with Gasteiger partial charge in [0, 0.05) is 41.6 Å². The second kappa shape index (κ2) is 6.04. The molecule has 0 saturated carbocycles. The first-order chi connectivity index (χ1) is 10.1. The van der Waals surface area contributed by atoms with E-state index in [0.29, 0.717) is 5.95 Å². The highest BCUT2D eigenvalue weighted by molar-refractivity contribution is 14.1. The quantitative estimate of drug-likeness (QED) is 0.716. The highest BCUT2D eigenvalue weighted by Gasteiger charge is 2.26. The lowest BCUT2D eigenvalue weighted by Gasteiger charge is -2.39. The standard InChI is InChI=1S/C13H14FIN6/c1-9-8-20(12-16-4-10(14)5-17-12)2-3-21(9)13-18-6-11(15)7-19-13/h4-7,9H,2-3,8H2,1H3/t9-/m0/s1. The normalized spacial score (nSPS) is 18.9. The van der Waals surface area contributed by atoms with Crippen molar-refractivity contribution in [3.8, 4) is 0 Å². The van der Waals surface area contributed by atoms with Crippen molar-refractivity contribution in [3.63, 3.8) is 0 Å². The molecule has 0 bridgehead atoms. The lowest BCUT2D eigenvalue weighted by molar-refractivity contribution is 0.530. The minimum atomic E-state index is -0.419. The van der Waals surface area contributed by atoms with Crippen LogP contribution in [0.25, 0.3) is 0 Å². The molecule has 0 aliphatic carbocycles. The van der Waals surface area contributed by atoms with Gasteiger partial charge in [-0.3, -0.25) is 0 Å². The van der Waals surface area contributed by atoms with Crippen LogP contribution in [0.15, 0.2) is 24.8 Å². The number of hydrogen-bond donors (Lipinski definition) is 0. The van der Waals surface area contributed by atoms with Gasteiger partial charge >= 0.3 is 0 Å². The van der Waals surface area contributed by atoms with E-state index in [0.717, 1.165) is 29.2 Å². The highest BCUT2D eigenvalue weighted by Crippen LogP contribution is 2.19. The molecule has 1 aliphatic rings. The van der Waals surface area contributed by atoms with Gasteiger partial charge < -0.3 is 9.80 Å². The number of rotatable bonds is 2. The van der Waals surface area contributed by atoms with E-state index in [1.165, 1.54) is 12.4 Å². The summed E-state index contributed by atoms with van der Waals surface area (Å²) >= 11 is 2.19. The summed E-state index contributed by atoms with van der Waals surface area (Å²) in [6.07, 6.45) is 6.01. The Hall–Kier alpha value is -1.58. The van der Waals surface area contributed by atoms with Gasteiger partial charge in [0.05, 0.1) is 12.4 Å². The van der Waals surface area contributed by atoms with Gasteiger partial charge in [-0.2, -0.15) is 0 Å². The minimum Gasteiger partial charge on any atom is -0.337 e. The second-order valence-corrected chi connectivity index (χ2v) is 6.14. The van der Waals surface area contributed by atoms with Gasteiger partial charge in [0.1, 0.15) is 0 Å². The molecule has 0 unspecified atom stereocenters. The Kier molecular flexibility index (Phi) is 4.13. The molecular formula is C13H14FIN6. The maximum absolute atomic E-state index is 12.9. The van der Waals surface area contributed by atoms with Gasteiger partial charge in [-0.15, -0.1) is 0 Å². The highest BCUT2D eigenvalue weighted by atomic mass is 127. The molecule has 0 spiro atoms. The second-order valence-electron chi connectivity index (χ2n) is 4.89. The fourth-order valence-electron chi connectivity index (χ4n) is 2.36. The molecule has 1 atom stereocenters. The molecule has 0 radical (unpaired) electrons. The lowest BCUT2D eigenvalue weighted by Crippen LogP contribution is -2.53. The predicted molar refractivity (Wildman–Crippen MR) is 85.8 cm³/mol. The molecule has 6 nitrogen and oxygen atoms in total. The fourth-order valence-corrected chi connectivity index (χ4v) is 2.64. The van der Waals surface area contributed by atoms with Crippen LogP contribution < -0.4 is 9.80 Å². The third-order valence-electron chi connectivity index (χ3n) is 3.38. The molecule has 0 aromatic carbocycles. The Morgan fingerprint density at radius 1 is 1.05 bits per heavy atom. The Labute approximate surface area is 135 Å². The molecule has 1 aliphatic heterocycles. The number of aromatic nitrogens is 4. The first kappa shape index (κ1) is 14.4. The van der Waals surface area contributed by atoms with Crippen LogP contribution in [0.4, 0.5) is 16.3 Å². The molecule has 1 saturated heterocycles. The van der Waals surface area contributed by atoms with Gasteiger partial charge in [0.25, 0.3) is 0 Å². The van der Waals surface area contributed by atoms with Crippen molar-refractivity contribution in [1.29, 1.82) is 0 Å². The van der Waals surface area contributed by atoms with Gasteiger partial charge in [-0.25, -0.2) is 24.3 Å². The summed E-state index contributed by atoms with van der Waals surface area (Å²) in [5.74, 6) is 0.881. The minimum absolute atomic E-state index is 0.229. The summed E-state index contributed by atoms with van der Waals surface area (Å²) in [6, 6.07) is 0.229. The van der Waals surface area contributed by atoms with Crippen molar-refractivity contribution in [2.24, 2.45) is 0 Å². The van der Waals surface area contributed by atoms with Crippen LogP contribution in [0, 0.1) is 9.39 Å². The van der Waals surface area contributed by atoms with Crippen LogP contribution in [0.2, 0.25) is 0 Å². The smallest absolute Gasteiger partial charge is 0.225 e. The monoisotopic (exact) mass is 400 g/mol. The van der Waals surface area contributed by atoms with Gasteiger partial charge in [0.2, 0.25) is 11.9 Å². The average molecular weight is 400 g/mol. The third-order valence-corrected chi connectivity index (χ3v) is 3.94. The van der Waals surface area contributed by atoms with Crippen LogP contribution in [0.5, 0.6) is 0 Å². The van der Waals surface area contributed by atoms with E-state index in [2.05, 4.69) is 54.4 Å². The van der Waals surface area contributed by atoms with E-state index < -0.39 is 5.82 Å². The van der Waals surface area contributed by atoms with E-state index in [9.17, 15) is 4.39 Å². The van der Waals surface area contributed by atoms with Gasteiger partial charge in [0.15, 0.2) is 5.82 Å². The van der Waals surface area contributed by atoms with Crippen LogP contribution in [0.1, 0.15) is 6.92 Å². The number of piperazine rings is 1. The maximum atomic E-state index is 12.9. The maximum Gasteiger partial charge on any atom is 0.225 e. The predicted octanol–water partition coefficient (Wildman–Crippen LogP) is 1.73. The van der Waals surface area contributed by atoms with E-state index in [4.69, 9.17) is 0 Å². The zero-order valence-corrected chi connectivity index (χ0v) is 13.6. The van der Waals surface area contributed by atoms with Crippen LogP contribution >= 0.6 is 22.6 Å². The summed E-state index contributed by atoms with van der Waals surface area (Å²) in [5.41, 5.74) is 0. The molecule has 8 heteroatoms. The van der Waals surface area contributed by atoms with Crippen molar-refractivity contribution < 1.29 is 4.39 Å². The van der Waals surface area contributed by atoms with Gasteiger partial charge in [-0.1, -0.05) is 0 Å². The van der Waals surface area contributed by atoms with Crippen molar-refractivity contribution in [1.82, 2.24) is 19.9 Å². The van der Waals surface area contributed by atoms with Crippen molar-refractivity contribution in [3.05, 3.63) is 34.2 Å². The van der Waals surface area contributed by atoms with Gasteiger partial charge in [-0.05, 0) is 29.5 Å². The van der Waals surface area contributed by atoms with E-state index >= 15 is 0 Å². The topological polar surface area (TPSA) is 58.0 Å². The Morgan fingerprint density at radius 2 is 1.67 bits per heavy atom. The van der Waals surface area contributed by atoms with E-state index in [1.807, 2.05) is 17.3 Å². The molecule has 2 aromatic heterocycles. The molecule has 2 aromatic rings. The molecular weight excluding hydrogens is 386 g/mol. The molecule has 21 heavy (non-hydrogen) atoms. The molecule has 3 heterocycles. The summed E-state index contributed by atoms with van der Waals surface area (Å²) in [5, 5.41) is 0. The Bertz CT molecular complexity index is 605. The largest absolute Gasteiger partial charge is 0.337 e. The number of nitrogens with zero attached hydrogens (tertiary/aromatic N) is 6. The molecule has 0 N–H and O–H groups in total. The fraction of sp³-hybridized carbons (Fsp3) is 0.385. The van der Waals surface area contributed by atoms with Crippen molar-refractivity contribution >= 4 is 34.5 Å². The van der Waals surface area contributed by atoms with Crippen LogP contribution in [0.3, 0.4) is 0 Å². The Morgan fingerprint density at radius 3 is 2.29 bits per heavy atom. The summed E-state index contributed by atoms with van der Waals surface area (Å²) in [7, 11) is 0. The molecule has 0 amide bonds. The van der Waals surface area contributed by atoms with E-state index in [1.54, 1.807) is 0 Å². The molecule has 3 rings (SSSR count). The summed E-state index contributed by atoms with van der Waals surface area (Å²) in [4.78, 5) is 21.0. The third kappa shape index (κ3) is 3.20. The number of hydrogen-bond acceptors (Lipinski definition) is 6. The average Bonchev–Trinajstić information content (AvgIpc) is 2.49. The van der Waals surface area contributed by atoms with Crippen LogP contribution in [-0.2, 0) is 0 Å². The van der Waals surface area contributed by atoms with Crippen molar-refractivity contribution in [2.75, 3.05) is 29.4 Å². The van der Waals surface area contributed by atoms with Crippen molar-refractivity contribution in [2.45, 2.75) is 13.0 Å². The SMILES string of the molecule is C[C@H]1CN(c2ncc(F)cn2)CCN1c1ncc(I)cn1. The molecule has 110 valence electrons. The summed E-state index contributed by atoms with van der Waals surface area (Å²) in [6.45, 7) is 4.39. The number of anilines is 2. The van der Waals surface area contributed by atoms with E-state index in [-0.39, 0.29) is 6.04 Å². The van der Waals surface area contributed by atoms with Crippen LogP contribution in [-0.4, -0.2) is 45.6 Å². The first-order valence-corrected chi connectivity index (χ1v) is 7.68. The summed E-state index contributed by atoms with van der Waals surface area (Å²) < 4.78 is 13.9. The first-order valence-electron chi connectivity index (χ1n) is 6.60. The zero-order chi connectivity index (χ0) is 14.8. The number of halogens is 2. The lowest BCUT2D eigenvalue weighted by atomic mass is 10.2. The molecule has 1 fully saturated rings.